The van der Waals surface area contributed by atoms with Gasteiger partial charge in [0.05, 0.1) is 22.4 Å². The number of hydrogen-bond acceptors (Lipinski definition) is 1. The van der Waals surface area contributed by atoms with Crippen molar-refractivity contribution in [2.75, 3.05) is 0 Å². The van der Waals surface area contributed by atoms with Crippen LogP contribution in [0.1, 0.15) is 111 Å². The Bertz CT molecular complexity index is 3410. The molecule has 1 aromatic heterocycles. The van der Waals surface area contributed by atoms with Gasteiger partial charge < -0.3 is 4.57 Å². The Morgan fingerprint density at radius 1 is 0.592 bits per heavy atom. The van der Waals surface area contributed by atoms with Crippen LogP contribution in [-0.2, 0) is 0 Å². The molecular weight excluding hydrogens is 857 g/mol. The van der Waals surface area contributed by atoms with E-state index in [0.717, 1.165) is 53.1 Å². The van der Waals surface area contributed by atoms with E-state index in [2.05, 4.69) is 271 Å². The van der Waals surface area contributed by atoms with Crippen molar-refractivity contribution in [2.45, 2.75) is 80.1 Å². The molecule has 2 heteroatoms. The molecule has 9 aromatic rings. The summed E-state index contributed by atoms with van der Waals surface area (Å²) in [6.07, 6.45) is 11.2. The molecule has 1 heterocycles. The molecule has 1 aliphatic carbocycles. The number of allylic oxidation sites excluding steroid dienone is 7. The van der Waals surface area contributed by atoms with Crippen LogP contribution in [0.4, 0.5) is 0 Å². The van der Waals surface area contributed by atoms with Crippen molar-refractivity contribution >= 4 is 49.9 Å². The molecule has 1 unspecified atom stereocenters. The fourth-order valence-corrected chi connectivity index (χ4v) is 9.96. The van der Waals surface area contributed by atoms with Crippen LogP contribution in [0.25, 0.3) is 61.0 Å². The van der Waals surface area contributed by atoms with Gasteiger partial charge in [-0.15, -0.1) is 0 Å². The molecular formula is C69H66N2. The van der Waals surface area contributed by atoms with E-state index in [1.807, 2.05) is 0 Å². The zero-order chi connectivity index (χ0) is 49.3. The molecule has 0 spiro atoms. The van der Waals surface area contributed by atoms with Crippen LogP contribution in [0, 0.1) is 13.8 Å². The van der Waals surface area contributed by atoms with Crippen molar-refractivity contribution < 1.29 is 0 Å². The van der Waals surface area contributed by atoms with Gasteiger partial charge in [0, 0.05) is 27.6 Å². The first kappa shape index (κ1) is 48.2. The summed E-state index contributed by atoms with van der Waals surface area (Å²) < 4.78 is 2.40. The topological polar surface area (TPSA) is 17.3 Å². The van der Waals surface area contributed by atoms with Crippen molar-refractivity contribution in [1.82, 2.24) is 4.57 Å². The third kappa shape index (κ3) is 10.8. The third-order valence-electron chi connectivity index (χ3n) is 14.2. The lowest BCUT2D eigenvalue weighted by Gasteiger charge is -2.16. The summed E-state index contributed by atoms with van der Waals surface area (Å²) in [5, 5.41) is 2.53. The van der Waals surface area contributed by atoms with E-state index in [-0.39, 0.29) is 0 Å². The Hall–Kier alpha value is -7.81. The lowest BCUT2D eigenvalue weighted by Crippen LogP contribution is -2.02. The van der Waals surface area contributed by atoms with Crippen LogP contribution in [-0.4, -0.2) is 10.3 Å². The van der Waals surface area contributed by atoms with Crippen molar-refractivity contribution in [3.05, 3.63) is 268 Å². The van der Waals surface area contributed by atoms with Gasteiger partial charge in [-0.1, -0.05) is 209 Å². The van der Waals surface area contributed by atoms with Gasteiger partial charge in [-0.2, -0.15) is 0 Å². The van der Waals surface area contributed by atoms with Crippen LogP contribution in [0.15, 0.2) is 229 Å². The molecule has 0 aliphatic heterocycles. The Morgan fingerprint density at radius 2 is 1.20 bits per heavy atom. The second-order valence-electron chi connectivity index (χ2n) is 19.1. The van der Waals surface area contributed by atoms with Gasteiger partial charge in [0.2, 0.25) is 0 Å². The average molecular weight is 923 g/mol. The van der Waals surface area contributed by atoms with Crippen molar-refractivity contribution in [2.24, 2.45) is 4.99 Å². The molecule has 10 rings (SSSR count). The molecule has 352 valence electrons. The number of aliphatic imine (C=N–C) groups is 1. The van der Waals surface area contributed by atoms with Gasteiger partial charge in [-0.3, -0.25) is 0 Å². The van der Waals surface area contributed by atoms with Gasteiger partial charge in [-0.25, -0.2) is 4.99 Å². The predicted octanol–water partition coefficient (Wildman–Crippen LogP) is 19.3. The average Bonchev–Trinajstić information content (AvgIpc) is 3.76. The van der Waals surface area contributed by atoms with Crippen LogP contribution < -0.4 is 0 Å². The lowest BCUT2D eigenvalue weighted by molar-refractivity contribution is 0.735. The standard InChI is InChI=1S/C52H46N2.C17H20/c1-5-37(3)52(42-19-10-7-11-20-42)53-49(41-29-27-40(28-30-41)44-22-16-21-43(34-44)39-17-8-6-9-18-39)33-38(4)45-31-36(2)32-46(35-45)54-50-25-14-12-23-47(50)48-24-13-15-26-51(48)54;1-4-13(2)15-10-7-8-12-17(15)16-11-6-5-9-14(16)3/h6-15,17-20,22-35H,5,16,21H2,1-4H3;5-13H,4H2,1-3H3/b38-33+,52-37+,53-49-;. The molecule has 0 fully saturated rings. The van der Waals surface area contributed by atoms with Crippen LogP contribution in [0.2, 0.25) is 0 Å². The number of hydrogen-bond donors (Lipinski definition) is 0. The van der Waals surface area contributed by atoms with Crippen LogP contribution in [0.5, 0.6) is 0 Å². The number of aryl methyl sites for hydroxylation is 2. The molecule has 0 saturated heterocycles. The molecule has 0 amide bonds. The fraction of sp³-hybridized carbons (Fsp3) is 0.174. The number of aromatic nitrogens is 1. The monoisotopic (exact) mass is 923 g/mol. The van der Waals surface area contributed by atoms with E-state index in [0.29, 0.717) is 5.92 Å². The molecule has 0 saturated carbocycles. The molecule has 0 N–H and O–H groups in total. The maximum Gasteiger partial charge on any atom is 0.0712 e. The molecule has 1 atom stereocenters. The van der Waals surface area contributed by atoms with Crippen molar-refractivity contribution in [1.29, 1.82) is 0 Å². The molecule has 71 heavy (non-hydrogen) atoms. The zero-order valence-corrected chi connectivity index (χ0v) is 42.6. The highest BCUT2D eigenvalue weighted by Gasteiger charge is 2.16. The Labute approximate surface area is 422 Å². The summed E-state index contributed by atoms with van der Waals surface area (Å²) in [7, 11) is 0. The van der Waals surface area contributed by atoms with E-state index in [1.54, 1.807) is 0 Å². The molecule has 8 aromatic carbocycles. The summed E-state index contributed by atoms with van der Waals surface area (Å²) in [6, 6.07) is 72.1. The second kappa shape index (κ2) is 22.3. The van der Waals surface area contributed by atoms with E-state index < -0.39 is 0 Å². The summed E-state index contributed by atoms with van der Waals surface area (Å²) >= 11 is 0. The van der Waals surface area contributed by atoms with Crippen molar-refractivity contribution in [3.63, 3.8) is 0 Å². The van der Waals surface area contributed by atoms with Crippen LogP contribution >= 0.6 is 0 Å². The highest BCUT2D eigenvalue weighted by atomic mass is 15.0. The zero-order valence-electron chi connectivity index (χ0n) is 42.6. The summed E-state index contributed by atoms with van der Waals surface area (Å²) in [5.74, 6) is 0.616. The van der Waals surface area contributed by atoms with E-state index in [1.165, 1.54) is 89.5 Å². The number of fused-ring (bicyclic) bond motifs is 3. The fourth-order valence-electron chi connectivity index (χ4n) is 9.96. The summed E-state index contributed by atoms with van der Waals surface area (Å²) in [6.45, 7) is 15.6. The van der Waals surface area contributed by atoms with Gasteiger partial charge in [0.1, 0.15) is 0 Å². The van der Waals surface area contributed by atoms with E-state index >= 15 is 0 Å². The van der Waals surface area contributed by atoms with Gasteiger partial charge >= 0.3 is 0 Å². The third-order valence-corrected chi connectivity index (χ3v) is 14.2. The minimum atomic E-state index is 0.616. The quantitative estimate of drug-likeness (QED) is 0.109. The summed E-state index contributed by atoms with van der Waals surface area (Å²) in [5.41, 5.74) is 23.4. The smallest absolute Gasteiger partial charge is 0.0712 e. The minimum Gasteiger partial charge on any atom is -0.309 e. The van der Waals surface area contributed by atoms with Gasteiger partial charge in [0.25, 0.3) is 0 Å². The first-order valence-corrected chi connectivity index (χ1v) is 25.5. The normalized spacial score (nSPS) is 13.8. The highest BCUT2D eigenvalue weighted by Crippen LogP contribution is 2.36. The molecule has 0 radical (unpaired) electrons. The van der Waals surface area contributed by atoms with E-state index in [4.69, 9.17) is 4.99 Å². The van der Waals surface area contributed by atoms with Crippen molar-refractivity contribution in [3.8, 4) is 16.8 Å². The lowest BCUT2D eigenvalue weighted by atomic mass is 9.89. The Balaban J connectivity index is 0.000000310. The number of nitrogens with zero attached hydrogens (tertiary/aromatic N) is 2. The van der Waals surface area contributed by atoms with E-state index in [9.17, 15) is 0 Å². The molecule has 0 bridgehead atoms. The largest absolute Gasteiger partial charge is 0.309 e. The first-order valence-electron chi connectivity index (χ1n) is 25.5. The predicted molar refractivity (Wildman–Crippen MR) is 308 cm³/mol. The maximum atomic E-state index is 5.51. The maximum absolute atomic E-state index is 5.51. The second-order valence-corrected chi connectivity index (χ2v) is 19.1. The minimum absolute atomic E-state index is 0.616. The first-order chi connectivity index (χ1) is 34.7. The molecule has 2 nitrogen and oxygen atoms in total. The van der Waals surface area contributed by atoms with Gasteiger partial charge in [0.15, 0.2) is 0 Å². The highest BCUT2D eigenvalue weighted by molar-refractivity contribution is 6.14. The number of rotatable bonds is 12. The molecule has 1 aliphatic rings. The Kier molecular flexibility index (Phi) is 15.1. The van der Waals surface area contributed by atoms with Gasteiger partial charge in [-0.05, 0) is 156 Å². The number of benzene rings is 8. The number of para-hydroxylation sites is 2. The Morgan fingerprint density at radius 3 is 1.86 bits per heavy atom. The summed E-state index contributed by atoms with van der Waals surface area (Å²) in [4.78, 5) is 5.51. The van der Waals surface area contributed by atoms with Crippen LogP contribution in [0.3, 0.4) is 0 Å². The SMILES string of the molecule is CC/C(C)=C(/N=C(/C=C(\C)c1cc(C)cc(-n2c3ccccc3c3ccccc32)c1)c1ccc(C2=CCCC(c3ccccc3)=C2)cc1)c1ccccc1.CCC(C)c1ccccc1-c1ccccc1C.